The van der Waals surface area contributed by atoms with Crippen molar-refractivity contribution in [1.29, 1.82) is 0 Å². The van der Waals surface area contributed by atoms with Gasteiger partial charge in [-0.15, -0.1) is 0 Å². The molecule has 0 bridgehead atoms. The summed E-state index contributed by atoms with van der Waals surface area (Å²) in [7, 11) is 0.765. The lowest BCUT2D eigenvalue weighted by molar-refractivity contribution is 0.00578. The molecule has 1 aromatic rings. The van der Waals surface area contributed by atoms with Crippen molar-refractivity contribution in [3.63, 3.8) is 0 Å². The van der Waals surface area contributed by atoms with Gasteiger partial charge in [-0.25, -0.2) is 4.39 Å². The molecule has 0 aromatic heterocycles. The second kappa shape index (κ2) is 5.02. The van der Waals surface area contributed by atoms with Gasteiger partial charge in [0.15, 0.2) is 0 Å². The van der Waals surface area contributed by atoms with E-state index in [1.165, 1.54) is 13.2 Å². The van der Waals surface area contributed by atoms with E-state index in [2.05, 4.69) is 0 Å². The normalized spacial score (nSPS) is 21.9. The third-order valence-electron chi connectivity index (χ3n) is 4.13. The highest BCUT2D eigenvalue weighted by Gasteiger charge is 2.54. The van der Waals surface area contributed by atoms with Gasteiger partial charge in [0.2, 0.25) is 0 Å². The van der Waals surface area contributed by atoms with E-state index in [0.29, 0.717) is 5.75 Å². The summed E-state index contributed by atoms with van der Waals surface area (Å²) < 4.78 is 31.0. The highest BCUT2D eigenvalue weighted by Crippen LogP contribution is 2.41. The van der Waals surface area contributed by atoms with Crippen LogP contribution in [0.4, 0.5) is 4.39 Å². The standard InChI is InChI=1S/C14H21BFNO3/c1-13(2)14(3,4)20-15(19-13)12(17)11-9(16)7-6-8-10(11)18-5/h6-8,12H,17H2,1-5H3/t12-/m0/s1. The summed E-state index contributed by atoms with van der Waals surface area (Å²) in [6.45, 7) is 7.72. The fourth-order valence-corrected chi connectivity index (χ4v) is 2.19. The number of rotatable bonds is 3. The van der Waals surface area contributed by atoms with Crippen LogP contribution in [0.25, 0.3) is 0 Å². The molecule has 0 radical (unpaired) electrons. The molecule has 0 unspecified atom stereocenters. The molecule has 2 N–H and O–H groups in total. The van der Waals surface area contributed by atoms with Crippen molar-refractivity contribution < 1.29 is 18.4 Å². The van der Waals surface area contributed by atoms with Crippen LogP contribution in [-0.2, 0) is 9.31 Å². The van der Waals surface area contributed by atoms with Crippen molar-refractivity contribution in [2.45, 2.75) is 44.8 Å². The van der Waals surface area contributed by atoms with Gasteiger partial charge in [0.05, 0.1) is 24.3 Å². The summed E-state index contributed by atoms with van der Waals surface area (Å²) in [6, 6.07) is 4.60. The minimum Gasteiger partial charge on any atom is -0.496 e. The molecule has 1 heterocycles. The van der Waals surface area contributed by atoms with E-state index in [1.807, 2.05) is 27.7 Å². The van der Waals surface area contributed by atoms with Crippen LogP contribution in [0.3, 0.4) is 0 Å². The van der Waals surface area contributed by atoms with Gasteiger partial charge < -0.3 is 19.8 Å². The van der Waals surface area contributed by atoms with E-state index in [-0.39, 0.29) is 5.56 Å². The molecule has 110 valence electrons. The van der Waals surface area contributed by atoms with Gasteiger partial charge >= 0.3 is 7.12 Å². The smallest absolute Gasteiger partial charge is 0.480 e. The zero-order valence-electron chi connectivity index (χ0n) is 12.6. The summed E-state index contributed by atoms with van der Waals surface area (Å²) in [5.41, 5.74) is 5.41. The second-order valence-electron chi connectivity index (χ2n) is 6.01. The summed E-state index contributed by atoms with van der Waals surface area (Å²) in [5, 5.41) is 0. The Kier molecular flexibility index (Phi) is 3.84. The Balaban J connectivity index is 2.32. The number of methoxy groups -OCH3 is 1. The highest BCUT2D eigenvalue weighted by molar-refractivity contribution is 6.47. The van der Waals surface area contributed by atoms with Crippen molar-refractivity contribution in [3.8, 4) is 5.75 Å². The number of nitrogens with two attached hydrogens (primary N) is 1. The fourth-order valence-electron chi connectivity index (χ4n) is 2.19. The molecule has 1 aliphatic rings. The zero-order valence-corrected chi connectivity index (χ0v) is 12.6. The molecule has 0 aliphatic carbocycles. The van der Waals surface area contributed by atoms with E-state index in [1.54, 1.807) is 12.1 Å². The van der Waals surface area contributed by atoms with Gasteiger partial charge in [-0.2, -0.15) is 0 Å². The molecular weight excluding hydrogens is 260 g/mol. The predicted molar refractivity (Wildman–Crippen MR) is 76.0 cm³/mol. The first kappa shape index (κ1) is 15.3. The Labute approximate surface area is 119 Å². The minimum absolute atomic E-state index is 0.272. The quantitative estimate of drug-likeness (QED) is 0.865. The number of hydrogen-bond acceptors (Lipinski definition) is 4. The lowest BCUT2D eigenvalue weighted by atomic mass is 9.74. The van der Waals surface area contributed by atoms with Gasteiger partial charge in [-0.3, -0.25) is 0 Å². The van der Waals surface area contributed by atoms with Crippen LogP contribution in [0.15, 0.2) is 18.2 Å². The molecule has 1 saturated heterocycles. The monoisotopic (exact) mass is 281 g/mol. The molecule has 2 rings (SSSR count). The number of halogens is 1. The van der Waals surface area contributed by atoms with Gasteiger partial charge in [0.1, 0.15) is 11.6 Å². The van der Waals surface area contributed by atoms with E-state index in [4.69, 9.17) is 19.8 Å². The predicted octanol–water partition coefficient (Wildman–Crippen LogP) is 2.47. The molecule has 1 aromatic carbocycles. The largest absolute Gasteiger partial charge is 0.496 e. The zero-order chi connectivity index (χ0) is 15.1. The van der Waals surface area contributed by atoms with Crippen molar-refractivity contribution in [2.75, 3.05) is 7.11 Å². The average molecular weight is 281 g/mol. The van der Waals surface area contributed by atoms with Crippen LogP contribution in [-0.4, -0.2) is 25.4 Å². The first-order chi connectivity index (χ1) is 9.19. The molecule has 20 heavy (non-hydrogen) atoms. The van der Waals surface area contributed by atoms with Crippen molar-refractivity contribution >= 4 is 7.12 Å². The van der Waals surface area contributed by atoms with Crippen LogP contribution in [0.2, 0.25) is 0 Å². The Bertz CT molecular complexity index is 491. The van der Waals surface area contributed by atoms with Crippen molar-refractivity contribution in [2.24, 2.45) is 5.73 Å². The SMILES string of the molecule is COc1cccc(F)c1[C@H](N)B1OC(C)(C)C(C)(C)O1. The van der Waals surface area contributed by atoms with Crippen LogP contribution >= 0.6 is 0 Å². The molecule has 1 fully saturated rings. The minimum atomic E-state index is -0.757. The van der Waals surface area contributed by atoms with Crippen LogP contribution in [0.5, 0.6) is 5.75 Å². The molecule has 0 saturated carbocycles. The Morgan fingerprint density at radius 3 is 2.25 bits per heavy atom. The molecule has 4 nitrogen and oxygen atoms in total. The summed E-state index contributed by atoms with van der Waals surface area (Å²) in [5.74, 6) is -0.786. The first-order valence-electron chi connectivity index (χ1n) is 6.63. The molecule has 0 spiro atoms. The Hall–Kier alpha value is -1.11. The van der Waals surface area contributed by atoms with Crippen molar-refractivity contribution in [1.82, 2.24) is 0 Å². The fraction of sp³-hybridized carbons (Fsp3) is 0.571. The van der Waals surface area contributed by atoms with Crippen LogP contribution in [0, 0.1) is 5.82 Å². The van der Waals surface area contributed by atoms with Gasteiger partial charge in [0.25, 0.3) is 0 Å². The molecule has 0 amide bonds. The van der Waals surface area contributed by atoms with E-state index >= 15 is 0 Å². The van der Waals surface area contributed by atoms with Gasteiger partial charge in [-0.1, -0.05) is 6.07 Å². The molecule has 6 heteroatoms. The summed E-state index contributed by atoms with van der Waals surface area (Å²) >= 11 is 0. The third kappa shape index (κ3) is 2.43. The van der Waals surface area contributed by atoms with E-state index in [9.17, 15) is 4.39 Å². The van der Waals surface area contributed by atoms with Crippen molar-refractivity contribution in [3.05, 3.63) is 29.6 Å². The summed E-state index contributed by atoms with van der Waals surface area (Å²) in [4.78, 5) is 0. The number of benzene rings is 1. The lowest BCUT2D eigenvalue weighted by Gasteiger charge is -2.32. The molecule has 1 aliphatic heterocycles. The summed E-state index contributed by atoms with van der Waals surface area (Å²) in [6.07, 6.45) is 0. The highest BCUT2D eigenvalue weighted by atomic mass is 19.1. The second-order valence-corrected chi connectivity index (χ2v) is 6.01. The van der Waals surface area contributed by atoms with Crippen LogP contribution < -0.4 is 10.5 Å². The lowest BCUT2D eigenvalue weighted by Crippen LogP contribution is -2.41. The number of ether oxygens (including phenoxy) is 1. The van der Waals surface area contributed by atoms with Gasteiger partial charge in [0, 0.05) is 5.56 Å². The maximum atomic E-state index is 14.1. The van der Waals surface area contributed by atoms with E-state index < -0.39 is 30.1 Å². The average Bonchev–Trinajstić information content (AvgIpc) is 2.57. The topological polar surface area (TPSA) is 53.7 Å². The third-order valence-corrected chi connectivity index (χ3v) is 4.13. The first-order valence-corrected chi connectivity index (χ1v) is 6.63. The molecule has 1 atom stereocenters. The molecular formula is C14H21BFNO3. The van der Waals surface area contributed by atoms with Gasteiger partial charge in [-0.05, 0) is 39.8 Å². The maximum absolute atomic E-state index is 14.1. The maximum Gasteiger partial charge on any atom is 0.480 e. The Morgan fingerprint density at radius 1 is 1.20 bits per heavy atom. The number of hydrogen-bond donors (Lipinski definition) is 1. The van der Waals surface area contributed by atoms with Crippen LogP contribution in [0.1, 0.15) is 39.2 Å². The van der Waals surface area contributed by atoms with E-state index in [0.717, 1.165) is 0 Å². The Morgan fingerprint density at radius 2 is 1.75 bits per heavy atom.